The summed E-state index contributed by atoms with van der Waals surface area (Å²) in [6.45, 7) is 6.53. The van der Waals surface area contributed by atoms with Crippen LogP contribution < -0.4 is 4.74 Å². The van der Waals surface area contributed by atoms with E-state index >= 15 is 0 Å². The van der Waals surface area contributed by atoms with Crippen LogP contribution in [0.15, 0.2) is 36.4 Å². The third-order valence-electron chi connectivity index (χ3n) is 3.32. The highest BCUT2D eigenvalue weighted by atomic mass is 35.5. The second-order valence-electron chi connectivity index (χ2n) is 5.69. The summed E-state index contributed by atoms with van der Waals surface area (Å²) in [5.41, 5.74) is 2.74. The Labute approximate surface area is 130 Å². The lowest BCUT2D eigenvalue weighted by Crippen LogP contribution is -2.01. The fourth-order valence-electron chi connectivity index (χ4n) is 2.29. The van der Waals surface area contributed by atoms with Crippen LogP contribution in [-0.4, -0.2) is 0 Å². The van der Waals surface area contributed by atoms with Crippen molar-refractivity contribution < 1.29 is 9.13 Å². The number of hydrogen-bond donors (Lipinski definition) is 0. The third-order valence-corrected chi connectivity index (χ3v) is 3.67. The van der Waals surface area contributed by atoms with Crippen molar-refractivity contribution in [2.45, 2.75) is 33.8 Å². The summed E-state index contributed by atoms with van der Waals surface area (Å²) in [5.74, 6) is 1.05. The van der Waals surface area contributed by atoms with E-state index in [9.17, 15) is 4.39 Å². The van der Waals surface area contributed by atoms with Crippen LogP contribution in [0.25, 0.3) is 0 Å². The van der Waals surface area contributed by atoms with Crippen LogP contribution in [0, 0.1) is 18.7 Å². The standard InChI is InChI=1S/C18H20ClFO/c1-12(2)9-14-7-8-18(13(3)10-14)21-11-15-16(19)5-4-6-17(15)20/h4-8,10,12H,9,11H2,1-3H3. The minimum atomic E-state index is -0.336. The lowest BCUT2D eigenvalue weighted by Gasteiger charge is -2.13. The number of rotatable bonds is 5. The Balaban J connectivity index is 2.10. The summed E-state index contributed by atoms with van der Waals surface area (Å²) in [6.07, 6.45) is 1.04. The van der Waals surface area contributed by atoms with Gasteiger partial charge in [-0.1, -0.05) is 43.6 Å². The van der Waals surface area contributed by atoms with Crippen molar-refractivity contribution in [2.24, 2.45) is 5.92 Å². The minimum absolute atomic E-state index is 0.135. The van der Waals surface area contributed by atoms with Gasteiger partial charge in [-0.3, -0.25) is 0 Å². The molecule has 2 aromatic rings. The van der Waals surface area contributed by atoms with E-state index in [0.29, 0.717) is 16.5 Å². The van der Waals surface area contributed by atoms with Crippen molar-refractivity contribution >= 4 is 11.6 Å². The van der Waals surface area contributed by atoms with Gasteiger partial charge in [-0.15, -0.1) is 0 Å². The summed E-state index contributed by atoms with van der Waals surface area (Å²) in [6, 6.07) is 10.8. The number of aryl methyl sites for hydroxylation is 1. The van der Waals surface area contributed by atoms with E-state index in [-0.39, 0.29) is 12.4 Å². The molecule has 1 nitrogen and oxygen atoms in total. The van der Waals surface area contributed by atoms with Crippen LogP contribution in [0.3, 0.4) is 0 Å². The maximum atomic E-state index is 13.7. The van der Waals surface area contributed by atoms with Gasteiger partial charge in [0.1, 0.15) is 18.2 Å². The summed E-state index contributed by atoms with van der Waals surface area (Å²) in [7, 11) is 0. The maximum absolute atomic E-state index is 13.7. The van der Waals surface area contributed by atoms with Gasteiger partial charge in [-0.25, -0.2) is 4.39 Å². The zero-order chi connectivity index (χ0) is 15.4. The quantitative estimate of drug-likeness (QED) is 0.702. The molecule has 0 spiro atoms. The summed E-state index contributed by atoms with van der Waals surface area (Å²) < 4.78 is 19.4. The molecule has 112 valence electrons. The lowest BCUT2D eigenvalue weighted by atomic mass is 10.0. The van der Waals surface area contributed by atoms with E-state index in [0.717, 1.165) is 17.7 Å². The Morgan fingerprint density at radius 2 is 1.95 bits per heavy atom. The first-order valence-corrected chi connectivity index (χ1v) is 7.50. The van der Waals surface area contributed by atoms with Crippen LogP contribution in [0.4, 0.5) is 4.39 Å². The molecule has 0 aliphatic heterocycles. The molecule has 0 unspecified atom stereocenters. The summed E-state index contributed by atoms with van der Waals surface area (Å²) >= 11 is 6.00. The van der Waals surface area contributed by atoms with E-state index in [4.69, 9.17) is 16.3 Å². The number of ether oxygens (including phenoxy) is 1. The Kier molecular flexibility index (Phi) is 5.24. The molecule has 21 heavy (non-hydrogen) atoms. The molecule has 0 saturated carbocycles. The van der Waals surface area contributed by atoms with Crippen molar-refractivity contribution in [1.82, 2.24) is 0 Å². The molecule has 0 radical (unpaired) electrons. The van der Waals surface area contributed by atoms with Gasteiger partial charge >= 0.3 is 0 Å². The number of benzene rings is 2. The van der Waals surface area contributed by atoms with Gasteiger partial charge in [0.2, 0.25) is 0 Å². The van der Waals surface area contributed by atoms with Gasteiger partial charge in [0.25, 0.3) is 0 Å². The van der Waals surface area contributed by atoms with Crippen molar-refractivity contribution in [1.29, 1.82) is 0 Å². The van der Waals surface area contributed by atoms with Gasteiger partial charge < -0.3 is 4.74 Å². The van der Waals surface area contributed by atoms with Gasteiger partial charge in [0.15, 0.2) is 0 Å². The maximum Gasteiger partial charge on any atom is 0.131 e. The minimum Gasteiger partial charge on any atom is -0.488 e. The Bertz CT molecular complexity index is 602. The van der Waals surface area contributed by atoms with Crippen molar-refractivity contribution in [3.8, 4) is 5.75 Å². The molecule has 2 aromatic carbocycles. The molecule has 0 bridgehead atoms. The van der Waals surface area contributed by atoms with Crippen LogP contribution >= 0.6 is 11.6 Å². The second kappa shape index (κ2) is 6.95. The van der Waals surface area contributed by atoms with Crippen molar-refractivity contribution in [3.05, 3.63) is 63.9 Å². The van der Waals surface area contributed by atoms with Crippen LogP contribution in [0.5, 0.6) is 5.75 Å². The molecule has 0 saturated heterocycles. The molecule has 0 fully saturated rings. The second-order valence-corrected chi connectivity index (χ2v) is 6.09. The third kappa shape index (κ3) is 4.21. The summed E-state index contributed by atoms with van der Waals surface area (Å²) in [4.78, 5) is 0. The molecule has 0 aliphatic rings. The Morgan fingerprint density at radius 3 is 2.57 bits per heavy atom. The Morgan fingerprint density at radius 1 is 1.19 bits per heavy atom. The average Bonchev–Trinajstić information content (AvgIpc) is 2.39. The highest BCUT2D eigenvalue weighted by Crippen LogP contribution is 2.24. The fourth-order valence-corrected chi connectivity index (χ4v) is 2.51. The predicted octanol–water partition coefficient (Wildman–Crippen LogP) is 5.57. The molecule has 0 heterocycles. The Hall–Kier alpha value is -1.54. The smallest absolute Gasteiger partial charge is 0.131 e. The monoisotopic (exact) mass is 306 g/mol. The normalized spacial score (nSPS) is 11.0. The molecular formula is C18H20ClFO. The highest BCUT2D eigenvalue weighted by Gasteiger charge is 2.09. The first-order valence-electron chi connectivity index (χ1n) is 7.12. The van der Waals surface area contributed by atoms with E-state index in [1.54, 1.807) is 12.1 Å². The van der Waals surface area contributed by atoms with E-state index in [1.165, 1.54) is 11.6 Å². The lowest BCUT2D eigenvalue weighted by molar-refractivity contribution is 0.298. The first kappa shape index (κ1) is 15.8. The van der Waals surface area contributed by atoms with Crippen molar-refractivity contribution in [3.63, 3.8) is 0 Å². The highest BCUT2D eigenvalue weighted by molar-refractivity contribution is 6.31. The molecule has 2 rings (SSSR count). The van der Waals surface area contributed by atoms with E-state index in [2.05, 4.69) is 26.0 Å². The molecular weight excluding hydrogens is 287 g/mol. The largest absolute Gasteiger partial charge is 0.488 e. The zero-order valence-electron chi connectivity index (χ0n) is 12.6. The number of hydrogen-bond acceptors (Lipinski definition) is 1. The number of halogens is 2. The molecule has 0 N–H and O–H groups in total. The zero-order valence-corrected chi connectivity index (χ0v) is 13.4. The SMILES string of the molecule is Cc1cc(CC(C)C)ccc1OCc1c(F)cccc1Cl. The van der Waals surface area contributed by atoms with Crippen LogP contribution in [0.1, 0.15) is 30.5 Å². The molecule has 0 aliphatic carbocycles. The molecule has 0 aromatic heterocycles. The predicted molar refractivity (Wildman–Crippen MR) is 85.5 cm³/mol. The first-order chi connectivity index (χ1) is 9.97. The average molecular weight is 307 g/mol. The van der Waals surface area contributed by atoms with Crippen LogP contribution in [0.2, 0.25) is 5.02 Å². The van der Waals surface area contributed by atoms with Gasteiger partial charge in [-0.05, 0) is 48.6 Å². The topological polar surface area (TPSA) is 9.23 Å². The summed E-state index contributed by atoms with van der Waals surface area (Å²) in [5, 5.41) is 0.393. The van der Waals surface area contributed by atoms with Crippen molar-refractivity contribution in [2.75, 3.05) is 0 Å². The van der Waals surface area contributed by atoms with E-state index in [1.807, 2.05) is 13.0 Å². The fraction of sp³-hybridized carbons (Fsp3) is 0.333. The van der Waals surface area contributed by atoms with Gasteiger partial charge in [-0.2, -0.15) is 0 Å². The van der Waals surface area contributed by atoms with Crippen LogP contribution in [-0.2, 0) is 13.0 Å². The van der Waals surface area contributed by atoms with Gasteiger partial charge in [0.05, 0.1) is 5.02 Å². The molecule has 0 atom stereocenters. The molecule has 0 amide bonds. The molecule has 3 heteroatoms. The van der Waals surface area contributed by atoms with E-state index < -0.39 is 0 Å². The van der Waals surface area contributed by atoms with Gasteiger partial charge in [0, 0.05) is 5.56 Å².